The SMILES string of the molecule is NC(=S)c1cccnc1NCCC1CC1. The van der Waals surface area contributed by atoms with Gasteiger partial charge in [0.1, 0.15) is 10.8 Å². The third-order valence-electron chi connectivity index (χ3n) is 2.62. The maximum absolute atomic E-state index is 5.61. The van der Waals surface area contributed by atoms with E-state index in [0.29, 0.717) is 4.99 Å². The molecule has 0 unspecified atom stereocenters. The van der Waals surface area contributed by atoms with E-state index in [1.807, 2.05) is 12.1 Å². The third kappa shape index (κ3) is 2.89. The first-order valence-electron chi connectivity index (χ1n) is 5.26. The van der Waals surface area contributed by atoms with Crippen LogP contribution in [-0.4, -0.2) is 16.5 Å². The smallest absolute Gasteiger partial charge is 0.136 e. The monoisotopic (exact) mass is 221 g/mol. The van der Waals surface area contributed by atoms with Gasteiger partial charge in [0, 0.05) is 12.7 Å². The highest BCUT2D eigenvalue weighted by Gasteiger charge is 2.20. The lowest BCUT2D eigenvalue weighted by atomic mass is 10.2. The van der Waals surface area contributed by atoms with Gasteiger partial charge in [0.15, 0.2) is 0 Å². The number of nitrogens with two attached hydrogens (primary N) is 1. The van der Waals surface area contributed by atoms with Crippen molar-refractivity contribution in [1.82, 2.24) is 4.98 Å². The first-order chi connectivity index (χ1) is 7.27. The molecular formula is C11H15N3S. The number of thiocarbonyl (C=S) groups is 1. The summed E-state index contributed by atoms with van der Waals surface area (Å²) in [5, 5.41) is 3.29. The van der Waals surface area contributed by atoms with Crippen molar-refractivity contribution in [2.24, 2.45) is 11.7 Å². The summed E-state index contributed by atoms with van der Waals surface area (Å²) in [4.78, 5) is 4.64. The van der Waals surface area contributed by atoms with Gasteiger partial charge in [-0.2, -0.15) is 0 Å². The highest BCUT2D eigenvalue weighted by molar-refractivity contribution is 7.80. The van der Waals surface area contributed by atoms with E-state index < -0.39 is 0 Å². The summed E-state index contributed by atoms with van der Waals surface area (Å²) in [6.07, 6.45) is 5.73. The Balaban J connectivity index is 1.95. The molecule has 0 bridgehead atoms. The Morgan fingerprint density at radius 3 is 3.07 bits per heavy atom. The molecule has 1 aromatic rings. The fourth-order valence-corrected chi connectivity index (χ4v) is 1.71. The van der Waals surface area contributed by atoms with E-state index >= 15 is 0 Å². The van der Waals surface area contributed by atoms with Crippen molar-refractivity contribution < 1.29 is 0 Å². The van der Waals surface area contributed by atoms with Crippen LogP contribution < -0.4 is 11.1 Å². The zero-order valence-electron chi connectivity index (χ0n) is 8.57. The van der Waals surface area contributed by atoms with Crippen LogP contribution >= 0.6 is 12.2 Å². The van der Waals surface area contributed by atoms with Crippen LogP contribution in [0.15, 0.2) is 18.3 Å². The Hall–Kier alpha value is -1.16. The van der Waals surface area contributed by atoms with E-state index in [1.54, 1.807) is 6.20 Å². The van der Waals surface area contributed by atoms with Crippen LogP contribution in [0.4, 0.5) is 5.82 Å². The zero-order chi connectivity index (χ0) is 10.7. The second-order valence-corrected chi connectivity index (χ2v) is 4.36. The minimum atomic E-state index is 0.400. The number of nitrogens with one attached hydrogen (secondary N) is 1. The molecule has 3 N–H and O–H groups in total. The number of aromatic nitrogens is 1. The van der Waals surface area contributed by atoms with Gasteiger partial charge < -0.3 is 11.1 Å². The highest BCUT2D eigenvalue weighted by atomic mass is 32.1. The molecular weight excluding hydrogens is 206 g/mol. The molecule has 1 saturated carbocycles. The van der Waals surface area contributed by atoms with Gasteiger partial charge in [0.2, 0.25) is 0 Å². The molecule has 0 saturated heterocycles. The van der Waals surface area contributed by atoms with Crippen molar-refractivity contribution in [2.45, 2.75) is 19.3 Å². The Kier molecular flexibility index (Phi) is 3.16. The lowest BCUT2D eigenvalue weighted by molar-refractivity contribution is 0.758. The van der Waals surface area contributed by atoms with Crippen LogP contribution in [0, 0.1) is 5.92 Å². The molecule has 0 amide bonds. The normalized spacial score (nSPS) is 14.9. The topological polar surface area (TPSA) is 50.9 Å². The average Bonchev–Trinajstić information content (AvgIpc) is 3.02. The standard InChI is InChI=1S/C11H15N3S/c12-10(15)9-2-1-6-13-11(9)14-7-5-8-3-4-8/h1-2,6,8H,3-5,7H2,(H2,12,15)(H,13,14). The predicted molar refractivity (Wildman–Crippen MR) is 66.0 cm³/mol. The highest BCUT2D eigenvalue weighted by Crippen LogP contribution is 2.32. The van der Waals surface area contributed by atoms with Crippen LogP contribution in [0.2, 0.25) is 0 Å². The van der Waals surface area contributed by atoms with Gasteiger partial charge in [-0.15, -0.1) is 0 Å². The second kappa shape index (κ2) is 4.57. The number of rotatable bonds is 5. The van der Waals surface area contributed by atoms with E-state index in [1.165, 1.54) is 19.3 Å². The van der Waals surface area contributed by atoms with Gasteiger partial charge in [-0.05, 0) is 24.5 Å². The van der Waals surface area contributed by atoms with E-state index in [0.717, 1.165) is 23.8 Å². The van der Waals surface area contributed by atoms with Crippen molar-refractivity contribution in [2.75, 3.05) is 11.9 Å². The molecule has 0 aromatic carbocycles. The molecule has 4 heteroatoms. The summed E-state index contributed by atoms with van der Waals surface area (Å²) in [6, 6.07) is 3.75. The van der Waals surface area contributed by atoms with E-state index in [2.05, 4.69) is 10.3 Å². The number of hydrogen-bond donors (Lipinski definition) is 2. The van der Waals surface area contributed by atoms with Gasteiger partial charge in [0.05, 0.1) is 5.56 Å². The van der Waals surface area contributed by atoms with E-state index in [4.69, 9.17) is 18.0 Å². The van der Waals surface area contributed by atoms with E-state index in [9.17, 15) is 0 Å². The van der Waals surface area contributed by atoms with Crippen molar-refractivity contribution in [1.29, 1.82) is 0 Å². The molecule has 0 spiro atoms. The minimum Gasteiger partial charge on any atom is -0.389 e. The van der Waals surface area contributed by atoms with E-state index in [-0.39, 0.29) is 0 Å². The van der Waals surface area contributed by atoms with Crippen molar-refractivity contribution in [3.63, 3.8) is 0 Å². The number of nitrogens with zero attached hydrogens (tertiary/aromatic N) is 1. The molecule has 1 fully saturated rings. The molecule has 2 rings (SSSR count). The second-order valence-electron chi connectivity index (χ2n) is 3.92. The summed E-state index contributed by atoms with van der Waals surface area (Å²) in [5.74, 6) is 1.74. The minimum absolute atomic E-state index is 0.400. The first-order valence-corrected chi connectivity index (χ1v) is 5.67. The maximum Gasteiger partial charge on any atom is 0.136 e. The predicted octanol–water partition coefficient (Wildman–Crippen LogP) is 1.93. The molecule has 0 radical (unpaired) electrons. The fraction of sp³-hybridized carbons (Fsp3) is 0.455. The lowest BCUT2D eigenvalue weighted by Crippen LogP contribution is -2.15. The third-order valence-corrected chi connectivity index (χ3v) is 2.84. The number of hydrogen-bond acceptors (Lipinski definition) is 3. The van der Waals surface area contributed by atoms with Gasteiger partial charge in [-0.25, -0.2) is 4.98 Å². The Morgan fingerprint density at radius 1 is 1.60 bits per heavy atom. The number of pyridine rings is 1. The Labute approximate surface area is 95.1 Å². The van der Waals surface area contributed by atoms with Crippen LogP contribution in [0.5, 0.6) is 0 Å². The summed E-state index contributed by atoms with van der Waals surface area (Å²) in [5.41, 5.74) is 6.45. The van der Waals surface area contributed by atoms with Gasteiger partial charge in [-0.3, -0.25) is 0 Å². The lowest BCUT2D eigenvalue weighted by Gasteiger charge is -2.08. The molecule has 1 heterocycles. The quantitative estimate of drug-likeness (QED) is 0.746. The molecule has 0 aliphatic heterocycles. The molecule has 15 heavy (non-hydrogen) atoms. The first kappa shape index (κ1) is 10.4. The fourth-order valence-electron chi connectivity index (χ4n) is 1.55. The summed E-state index contributed by atoms with van der Waals surface area (Å²) < 4.78 is 0. The van der Waals surface area contributed by atoms with Crippen LogP contribution in [0.3, 0.4) is 0 Å². The summed E-state index contributed by atoms with van der Waals surface area (Å²) >= 11 is 4.96. The van der Waals surface area contributed by atoms with Crippen LogP contribution in [0.1, 0.15) is 24.8 Å². The van der Waals surface area contributed by atoms with Crippen molar-refractivity contribution in [3.05, 3.63) is 23.9 Å². The number of anilines is 1. The van der Waals surface area contributed by atoms with Gasteiger partial charge in [-0.1, -0.05) is 25.1 Å². The maximum atomic E-state index is 5.61. The van der Waals surface area contributed by atoms with Crippen LogP contribution in [0.25, 0.3) is 0 Å². The summed E-state index contributed by atoms with van der Waals surface area (Å²) in [7, 11) is 0. The van der Waals surface area contributed by atoms with Crippen LogP contribution in [-0.2, 0) is 0 Å². The Bertz CT molecular complexity index is 361. The zero-order valence-corrected chi connectivity index (χ0v) is 9.39. The molecule has 80 valence electrons. The molecule has 3 nitrogen and oxygen atoms in total. The largest absolute Gasteiger partial charge is 0.389 e. The van der Waals surface area contributed by atoms with Gasteiger partial charge >= 0.3 is 0 Å². The molecule has 1 aliphatic rings. The molecule has 0 atom stereocenters. The van der Waals surface area contributed by atoms with Gasteiger partial charge in [0.25, 0.3) is 0 Å². The molecule has 1 aromatic heterocycles. The van der Waals surface area contributed by atoms with Crippen molar-refractivity contribution >= 4 is 23.0 Å². The van der Waals surface area contributed by atoms with Crippen molar-refractivity contribution in [3.8, 4) is 0 Å². The molecule has 1 aliphatic carbocycles. The summed E-state index contributed by atoms with van der Waals surface area (Å²) in [6.45, 7) is 0.956. The average molecular weight is 221 g/mol. The Morgan fingerprint density at radius 2 is 2.40 bits per heavy atom.